The lowest BCUT2D eigenvalue weighted by molar-refractivity contribution is 0.220. The van der Waals surface area contributed by atoms with Crippen molar-refractivity contribution in [3.05, 3.63) is 47.3 Å². The molecule has 1 aromatic carbocycles. The molecule has 0 radical (unpaired) electrons. The molecular weight excluding hydrogens is 492 g/mol. The van der Waals surface area contributed by atoms with E-state index in [2.05, 4.69) is 85.6 Å². The lowest BCUT2D eigenvalue weighted by Crippen LogP contribution is -2.45. The van der Waals surface area contributed by atoms with Gasteiger partial charge in [-0.25, -0.2) is 9.97 Å². The van der Waals surface area contributed by atoms with Gasteiger partial charge in [0, 0.05) is 49.5 Å². The number of nitriles is 1. The number of hydrogen-bond donors (Lipinski definition) is 2. The normalized spacial score (nSPS) is 19.4. The predicted octanol–water partition coefficient (Wildman–Crippen LogP) is 5.11. The number of aromatic nitrogens is 4. The van der Waals surface area contributed by atoms with Crippen molar-refractivity contribution in [2.24, 2.45) is 0 Å². The summed E-state index contributed by atoms with van der Waals surface area (Å²) in [5.41, 5.74) is 5.18. The predicted molar refractivity (Wildman–Crippen MR) is 153 cm³/mol. The Bertz CT molecular complexity index is 1400. The standard InChI is InChI=1S/C28H38N8OSi/c1-27(2,3)38(6,7)37-18-28(4)17-31-25-20(15-29)12-19(13-22(25)28)23-8-9-30-26(32-23)33-24-14-21-16-35(5)10-11-36(21)34-24/h8-9,12-14,31H,10-11,16-18H2,1-7H3,(H,30,32,33,34). The largest absolute Gasteiger partial charge is 0.416 e. The number of benzene rings is 1. The number of likely N-dealkylation sites (N-methyl/N-ethyl adjacent to an activating group) is 1. The summed E-state index contributed by atoms with van der Waals surface area (Å²) in [4.78, 5) is 11.5. The van der Waals surface area contributed by atoms with Crippen molar-refractivity contribution < 1.29 is 4.43 Å². The van der Waals surface area contributed by atoms with Crippen LogP contribution in [0.2, 0.25) is 18.1 Å². The van der Waals surface area contributed by atoms with Gasteiger partial charge >= 0.3 is 0 Å². The van der Waals surface area contributed by atoms with Crippen LogP contribution in [0.25, 0.3) is 11.3 Å². The zero-order chi connectivity index (χ0) is 27.3. The fraction of sp³-hybridized carbons (Fsp3) is 0.500. The Morgan fingerprint density at radius 3 is 2.76 bits per heavy atom. The SMILES string of the molecule is CN1CCn2nc(Nc3nccc(-c4cc(C#N)c5c(c4)C(C)(CO[Si](C)(C)C(C)(C)C)CN5)n3)cc2C1. The van der Waals surface area contributed by atoms with Gasteiger partial charge in [-0.2, -0.15) is 10.4 Å². The Morgan fingerprint density at radius 2 is 2.03 bits per heavy atom. The van der Waals surface area contributed by atoms with E-state index in [4.69, 9.17) is 9.41 Å². The van der Waals surface area contributed by atoms with E-state index in [-0.39, 0.29) is 10.5 Å². The first-order valence-corrected chi connectivity index (χ1v) is 16.1. The van der Waals surface area contributed by atoms with Gasteiger partial charge in [0.2, 0.25) is 5.95 Å². The number of nitrogens with zero attached hydrogens (tertiary/aromatic N) is 6. The average Bonchev–Trinajstić information content (AvgIpc) is 3.42. The van der Waals surface area contributed by atoms with Crippen LogP contribution in [0.5, 0.6) is 0 Å². The second kappa shape index (κ2) is 9.49. The second-order valence-corrected chi connectivity index (χ2v) is 17.2. The number of anilines is 3. The smallest absolute Gasteiger partial charge is 0.228 e. The highest BCUT2D eigenvalue weighted by Crippen LogP contribution is 2.44. The van der Waals surface area contributed by atoms with E-state index in [1.807, 2.05) is 22.9 Å². The Morgan fingerprint density at radius 1 is 1.24 bits per heavy atom. The third-order valence-electron chi connectivity index (χ3n) is 8.30. The molecule has 2 aliphatic rings. The van der Waals surface area contributed by atoms with Gasteiger partial charge in [0.25, 0.3) is 0 Å². The molecule has 2 aromatic heterocycles. The maximum atomic E-state index is 9.98. The van der Waals surface area contributed by atoms with E-state index in [0.717, 1.165) is 54.5 Å². The van der Waals surface area contributed by atoms with Crippen LogP contribution in [0.1, 0.15) is 44.5 Å². The van der Waals surface area contributed by atoms with Crippen LogP contribution in [0.3, 0.4) is 0 Å². The molecular formula is C28H38N8OSi. The molecule has 0 saturated carbocycles. The van der Waals surface area contributed by atoms with Crippen molar-refractivity contribution in [1.82, 2.24) is 24.6 Å². The van der Waals surface area contributed by atoms with E-state index in [1.54, 1.807) is 6.20 Å². The molecule has 9 nitrogen and oxygen atoms in total. The molecule has 0 fully saturated rings. The maximum absolute atomic E-state index is 9.98. The van der Waals surface area contributed by atoms with Gasteiger partial charge in [0.05, 0.1) is 29.2 Å². The minimum Gasteiger partial charge on any atom is -0.416 e. The topological polar surface area (TPSA) is 104 Å². The molecule has 0 bridgehead atoms. The minimum absolute atomic E-state index is 0.131. The summed E-state index contributed by atoms with van der Waals surface area (Å²) in [6, 6.07) is 10.4. The summed E-state index contributed by atoms with van der Waals surface area (Å²) in [7, 11) is 0.189. The van der Waals surface area contributed by atoms with E-state index in [1.165, 1.54) is 5.69 Å². The van der Waals surface area contributed by atoms with Gasteiger partial charge in [0.1, 0.15) is 6.07 Å². The van der Waals surface area contributed by atoms with Crippen LogP contribution >= 0.6 is 0 Å². The monoisotopic (exact) mass is 530 g/mol. The van der Waals surface area contributed by atoms with Crippen LogP contribution < -0.4 is 10.6 Å². The molecule has 4 heterocycles. The Hall–Kier alpha value is -3.26. The molecule has 0 aliphatic carbocycles. The van der Waals surface area contributed by atoms with Crippen LogP contribution in [0.15, 0.2) is 30.5 Å². The van der Waals surface area contributed by atoms with Crippen LogP contribution in [0.4, 0.5) is 17.5 Å². The average molecular weight is 531 g/mol. The summed E-state index contributed by atoms with van der Waals surface area (Å²) in [6.07, 6.45) is 1.74. The number of rotatable bonds is 6. The van der Waals surface area contributed by atoms with Crippen LogP contribution in [-0.2, 0) is 22.9 Å². The van der Waals surface area contributed by atoms with Gasteiger partial charge in [-0.05, 0) is 48.9 Å². The summed E-state index contributed by atoms with van der Waals surface area (Å²) < 4.78 is 8.69. The molecule has 1 atom stereocenters. The van der Waals surface area contributed by atoms with Gasteiger partial charge in [-0.1, -0.05) is 27.7 Å². The first kappa shape index (κ1) is 26.3. The van der Waals surface area contributed by atoms with Crippen molar-refractivity contribution >= 4 is 25.8 Å². The zero-order valence-corrected chi connectivity index (χ0v) is 24.5. The summed E-state index contributed by atoms with van der Waals surface area (Å²) in [5.74, 6) is 1.21. The third kappa shape index (κ3) is 4.94. The summed E-state index contributed by atoms with van der Waals surface area (Å²) >= 11 is 0. The summed E-state index contributed by atoms with van der Waals surface area (Å²) in [6.45, 7) is 17.6. The van der Waals surface area contributed by atoms with Crippen molar-refractivity contribution in [2.45, 2.75) is 64.3 Å². The second-order valence-electron chi connectivity index (χ2n) is 12.4. The molecule has 5 rings (SSSR count). The molecule has 38 heavy (non-hydrogen) atoms. The fourth-order valence-electron chi connectivity index (χ4n) is 4.76. The van der Waals surface area contributed by atoms with E-state index < -0.39 is 8.32 Å². The lowest BCUT2D eigenvalue weighted by atomic mass is 9.83. The van der Waals surface area contributed by atoms with Crippen molar-refractivity contribution in [3.63, 3.8) is 0 Å². The van der Waals surface area contributed by atoms with E-state index in [9.17, 15) is 5.26 Å². The van der Waals surface area contributed by atoms with Crippen molar-refractivity contribution in [3.8, 4) is 17.3 Å². The maximum Gasteiger partial charge on any atom is 0.228 e. The highest BCUT2D eigenvalue weighted by atomic mass is 28.4. The zero-order valence-electron chi connectivity index (χ0n) is 23.5. The first-order valence-electron chi connectivity index (χ1n) is 13.2. The van der Waals surface area contributed by atoms with Crippen LogP contribution in [0, 0.1) is 11.3 Å². The van der Waals surface area contributed by atoms with Crippen molar-refractivity contribution in [2.75, 3.05) is 37.4 Å². The van der Waals surface area contributed by atoms with Crippen molar-refractivity contribution in [1.29, 1.82) is 5.26 Å². The van der Waals surface area contributed by atoms with Gasteiger partial charge < -0.3 is 15.1 Å². The van der Waals surface area contributed by atoms with Gasteiger partial charge in [-0.3, -0.25) is 9.58 Å². The van der Waals surface area contributed by atoms with Gasteiger partial charge in [0.15, 0.2) is 14.1 Å². The number of hydrogen-bond acceptors (Lipinski definition) is 8. The molecule has 1 unspecified atom stereocenters. The number of fused-ring (bicyclic) bond motifs is 2. The third-order valence-corrected chi connectivity index (χ3v) is 12.8. The molecule has 200 valence electrons. The molecule has 0 spiro atoms. The molecule has 0 saturated heterocycles. The van der Waals surface area contributed by atoms with Gasteiger partial charge in [-0.15, -0.1) is 0 Å². The van der Waals surface area contributed by atoms with Crippen LogP contribution in [-0.4, -0.2) is 59.7 Å². The Labute approximate surface area is 226 Å². The molecule has 2 N–H and O–H groups in total. The molecule has 0 amide bonds. The quantitative estimate of drug-likeness (QED) is 0.424. The van der Waals surface area contributed by atoms with E-state index >= 15 is 0 Å². The number of nitrogens with one attached hydrogen (secondary N) is 2. The highest BCUT2D eigenvalue weighted by Gasteiger charge is 2.42. The molecule has 10 heteroatoms. The van der Waals surface area contributed by atoms with E-state index in [0.29, 0.717) is 18.1 Å². The lowest BCUT2D eigenvalue weighted by Gasteiger charge is -2.39. The first-order chi connectivity index (χ1) is 17.9. The molecule has 2 aliphatic heterocycles. The minimum atomic E-state index is -1.92. The Balaban J connectivity index is 1.43. The summed E-state index contributed by atoms with van der Waals surface area (Å²) in [5, 5.41) is 21.5. The highest BCUT2D eigenvalue weighted by molar-refractivity contribution is 6.74. The Kier molecular flexibility index (Phi) is 6.58. The molecule has 3 aromatic rings. The fourth-order valence-corrected chi connectivity index (χ4v) is 5.87.